The van der Waals surface area contributed by atoms with E-state index in [4.69, 9.17) is 5.84 Å². The minimum atomic E-state index is -0.0615. The Labute approximate surface area is 106 Å². The van der Waals surface area contributed by atoms with E-state index >= 15 is 0 Å². The van der Waals surface area contributed by atoms with Crippen molar-refractivity contribution < 1.29 is 0 Å². The van der Waals surface area contributed by atoms with Crippen LogP contribution < -0.4 is 16.8 Å². The Morgan fingerprint density at radius 2 is 2.24 bits per heavy atom. The van der Waals surface area contributed by atoms with Gasteiger partial charge in [-0.2, -0.15) is 0 Å². The van der Waals surface area contributed by atoms with E-state index in [0.717, 1.165) is 5.56 Å². The Bertz CT molecular complexity index is 564. The van der Waals surface area contributed by atoms with Gasteiger partial charge in [-0.15, -0.1) is 0 Å². The van der Waals surface area contributed by atoms with Crippen molar-refractivity contribution in [2.45, 2.75) is 6.54 Å². The first-order valence-electron chi connectivity index (χ1n) is 4.97. The van der Waals surface area contributed by atoms with Crippen molar-refractivity contribution in [1.29, 1.82) is 0 Å². The molecule has 5 nitrogen and oxygen atoms in total. The quantitative estimate of drug-likeness (QED) is 0.662. The van der Waals surface area contributed by atoms with Crippen LogP contribution in [0.25, 0.3) is 0 Å². The number of nitrogens with two attached hydrogens (primary N) is 1. The predicted octanol–water partition coefficient (Wildman–Crippen LogP) is 1.34. The lowest BCUT2D eigenvalue weighted by molar-refractivity contribution is 0.752. The molecule has 2 rings (SSSR count). The van der Waals surface area contributed by atoms with Crippen LogP contribution in [0.15, 0.2) is 45.9 Å². The number of aromatic nitrogens is 2. The van der Waals surface area contributed by atoms with Crippen LogP contribution in [0.5, 0.6) is 0 Å². The van der Waals surface area contributed by atoms with Crippen LogP contribution in [-0.4, -0.2) is 9.55 Å². The van der Waals surface area contributed by atoms with E-state index in [1.54, 1.807) is 29.1 Å². The van der Waals surface area contributed by atoms with Gasteiger partial charge in [-0.05, 0) is 39.7 Å². The molecule has 88 valence electrons. The summed E-state index contributed by atoms with van der Waals surface area (Å²) >= 11 is 3.21. The molecule has 0 bridgehead atoms. The van der Waals surface area contributed by atoms with Gasteiger partial charge in [-0.25, -0.2) is 10.8 Å². The maximum Gasteiger partial charge on any atom is 0.265 e. The van der Waals surface area contributed by atoms with Gasteiger partial charge in [0.2, 0.25) is 0 Å². The lowest BCUT2D eigenvalue weighted by Crippen LogP contribution is -2.20. The smallest absolute Gasteiger partial charge is 0.265 e. The van der Waals surface area contributed by atoms with Crippen LogP contribution in [0, 0.1) is 0 Å². The molecule has 0 atom stereocenters. The van der Waals surface area contributed by atoms with E-state index < -0.39 is 0 Å². The lowest BCUT2D eigenvalue weighted by atomic mass is 10.3. The molecule has 0 saturated heterocycles. The normalized spacial score (nSPS) is 10.2. The Morgan fingerprint density at radius 3 is 2.88 bits per heavy atom. The topological polar surface area (TPSA) is 72.9 Å². The molecule has 17 heavy (non-hydrogen) atoms. The standard InChI is InChI=1S/C11H11BrN4O/c12-9-2-1-5-16(11(9)17)7-8-3-4-10(15-13)14-6-8/h1-6H,7,13H2,(H,14,15). The zero-order valence-corrected chi connectivity index (χ0v) is 10.5. The molecule has 2 aromatic heterocycles. The van der Waals surface area contributed by atoms with Crippen molar-refractivity contribution in [3.63, 3.8) is 0 Å². The molecule has 0 aliphatic carbocycles. The molecule has 0 aromatic carbocycles. The molecule has 0 aliphatic heterocycles. The van der Waals surface area contributed by atoms with Crippen molar-refractivity contribution in [2.75, 3.05) is 5.43 Å². The Kier molecular flexibility index (Phi) is 3.55. The SMILES string of the molecule is NNc1ccc(Cn2cccc(Br)c2=O)cn1. The monoisotopic (exact) mass is 294 g/mol. The lowest BCUT2D eigenvalue weighted by Gasteiger charge is -2.06. The number of anilines is 1. The third-order valence-electron chi connectivity index (χ3n) is 2.30. The zero-order chi connectivity index (χ0) is 12.3. The number of hydrogen-bond donors (Lipinski definition) is 2. The van der Waals surface area contributed by atoms with Crippen LogP contribution in [0.1, 0.15) is 5.56 Å². The van der Waals surface area contributed by atoms with E-state index in [1.165, 1.54) is 0 Å². The average molecular weight is 295 g/mol. The fourth-order valence-corrected chi connectivity index (χ4v) is 1.81. The van der Waals surface area contributed by atoms with E-state index in [1.807, 2.05) is 12.1 Å². The van der Waals surface area contributed by atoms with Gasteiger partial charge in [0.05, 0.1) is 11.0 Å². The minimum Gasteiger partial charge on any atom is -0.310 e. The van der Waals surface area contributed by atoms with Crippen LogP contribution >= 0.6 is 15.9 Å². The number of nitrogens with zero attached hydrogens (tertiary/aromatic N) is 2. The van der Waals surface area contributed by atoms with Crippen LogP contribution in [0.4, 0.5) is 5.82 Å². The van der Waals surface area contributed by atoms with Crippen molar-refractivity contribution in [1.82, 2.24) is 9.55 Å². The summed E-state index contributed by atoms with van der Waals surface area (Å²) in [7, 11) is 0. The molecule has 0 amide bonds. The van der Waals surface area contributed by atoms with Crippen LogP contribution in [-0.2, 0) is 6.54 Å². The Hall–Kier alpha value is -1.66. The molecule has 2 aromatic rings. The highest BCUT2D eigenvalue weighted by molar-refractivity contribution is 9.10. The summed E-state index contributed by atoms with van der Waals surface area (Å²) in [6.07, 6.45) is 3.42. The van der Waals surface area contributed by atoms with Crippen molar-refractivity contribution >= 4 is 21.7 Å². The number of hydrogen-bond acceptors (Lipinski definition) is 4. The number of rotatable bonds is 3. The average Bonchev–Trinajstić information content (AvgIpc) is 2.36. The maximum absolute atomic E-state index is 11.8. The molecule has 0 aliphatic rings. The fourth-order valence-electron chi connectivity index (χ4n) is 1.43. The minimum absolute atomic E-state index is 0.0615. The molecule has 0 spiro atoms. The van der Waals surface area contributed by atoms with Gasteiger partial charge in [0.1, 0.15) is 5.82 Å². The van der Waals surface area contributed by atoms with Crippen molar-refractivity contribution in [3.8, 4) is 0 Å². The molecule has 0 fully saturated rings. The summed E-state index contributed by atoms with van der Waals surface area (Å²) in [6, 6.07) is 7.17. The van der Waals surface area contributed by atoms with E-state index in [9.17, 15) is 4.79 Å². The highest BCUT2D eigenvalue weighted by Crippen LogP contribution is 2.06. The van der Waals surface area contributed by atoms with Crippen LogP contribution in [0.2, 0.25) is 0 Å². The van der Waals surface area contributed by atoms with Gasteiger partial charge in [-0.1, -0.05) is 6.07 Å². The number of pyridine rings is 2. The third-order valence-corrected chi connectivity index (χ3v) is 2.90. The van der Waals surface area contributed by atoms with Gasteiger partial charge >= 0.3 is 0 Å². The first-order valence-corrected chi connectivity index (χ1v) is 5.76. The second-order valence-electron chi connectivity index (χ2n) is 3.49. The third kappa shape index (κ3) is 2.72. The molecule has 6 heteroatoms. The number of halogens is 1. The van der Waals surface area contributed by atoms with Gasteiger partial charge in [0.25, 0.3) is 5.56 Å². The first-order chi connectivity index (χ1) is 8.20. The van der Waals surface area contributed by atoms with E-state index in [2.05, 4.69) is 26.3 Å². The fraction of sp³-hybridized carbons (Fsp3) is 0.0909. The number of hydrazine groups is 1. The number of nitrogen functional groups attached to an aromatic ring is 1. The van der Waals surface area contributed by atoms with Gasteiger partial charge < -0.3 is 9.99 Å². The summed E-state index contributed by atoms with van der Waals surface area (Å²) < 4.78 is 2.16. The van der Waals surface area contributed by atoms with Gasteiger partial charge in [0.15, 0.2) is 0 Å². The highest BCUT2D eigenvalue weighted by atomic mass is 79.9. The molecule has 0 unspecified atom stereocenters. The Morgan fingerprint density at radius 1 is 1.41 bits per heavy atom. The van der Waals surface area contributed by atoms with Crippen LogP contribution in [0.3, 0.4) is 0 Å². The predicted molar refractivity (Wildman–Crippen MR) is 69.6 cm³/mol. The zero-order valence-electron chi connectivity index (χ0n) is 8.93. The summed E-state index contributed by atoms with van der Waals surface area (Å²) in [5.41, 5.74) is 3.32. The molecule has 0 saturated carbocycles. The molecular weight excluding hydrogens is 284 g/mol. The first kappa shape index (κ1) is 11.8. The molecule has 0 radical (unpaired) electrons. The second-order valence-corrected chi connectivity index (χ2v) is 4.34. The van der Waals surface area contributed by atoms with Gasteiger partial charge in [-0.3, -0.25) is 4.79 Å². The Balaban J connectivity index is 2.25. The summed E-state index contributed by atoms with van der Waals surface area (Å²) in [6.45, 7) is 0.482. The van der Waals surface area contributed by atoms with Crippen molar-refractivity contribution in [2.24, 2.45) is 5.84 Å². The highest BCUT2D eigenvalue weighted by Gasteiger charge is 2.01. The number of nitrogens with one attached hydrogen (secondary N) is 1. The largest absolute Gasteiger partial charge is 0.310 e. The van der Waals surface area contributed by atoms with E-state index in [-0.39, 0.29) is 5.56 Å². The molecule has 2 heterocycles. The second kappa shape index (κ2) is 5.11. The summed E-state index contributed by atoms with van der Waals surface area (Å²) in [5.74, 6) is 5.82. The van der Waals surface area contributed by atoms with E-state index in [0.29, 0.717) is 16.8 Å². The van der Waals surface area contributed by atoms with Gasteiger partial charge in [0, 0.05) is 12.4 Å². The van der Waals surface area contributed by atoms with Crippen molar-refractivity contribution in [3.05, 3.63) is 57.0 Å². The molecule has 3 N–H and O–H groups in total. The maximum atomic E-state index is 11.8. The summed E-state index contributed by atoms with van der Waals surface area (Å²) in [4.78, 5) is 15.8. The molecular formula is C11H11BrN4O. The summed E-state index contributed by atoms with van der Waals surface area (Å²) in [5, 5.41) is 0.